The maximum atomic E-state index is 11.3. The second-order valence-electron chi connectivity index (χ2n) is 5.44. The quantitative estimate of drug-likeness (QED) is 0.461. The first-order valence-corrected chi connectivity index (χ1v) is 6.95. The number of rotatable bonds is 3. The van der Waals surface area contributed by atoms with E-state index in [4.69, 9.17) is 5.11 Å². The average Bonchev–Trinajstić information content (AvgIpc) is 3.01. The third-order valence-electron chi connectivity index (χ3n) is 3.86. The summed E-state index contributed by atoms with van der Waals surface area (Å²) in [5, 5.41) is 32.2. The van der Waals surface area contributed by atoms with Crippen LogP contribution in [0.25, 0.3) is 23.2 Å². The van der Waals surface area contributed by atoms with Gasteiger partial charge in [0, 0.05) is 18.7 Å². The van der Waals surface area contributed by atoms with Crippen LogP contribution in [-0.4, -0.2) is 36.7 Å². The zero-order valence-corrected chi connectivity index (χ0v) is 12.4. The van der Waals surface area contributed by atoms with Crippen LogP contribution in [0.1, 0.15) is 19.8 Å². The van der Waals surface area contributed by atoms with E-state index in [0.717, 1.165) is 0 Å². The minimum Gasteiger partial charge on any atom is -0.505 e. The fourth-order valence-corrected chi connectivity index (χ4v) is 2.89. The Labute approximate surface area is 130 Å². The Morgan fingerprint density at radius 3 is 2.65 bits per heavy atom. The maximum Gasteiger partial charge on any atom is 0.307 e. The smallest absolute Gasteiger partial charge is 0.307 e. The van der Waals surface area contributed by atoms with Crippen LogP contribution >= 0.6 is 0 Å². The lowest BCUT2D eigenvalue weighted by molar-refractivity contribution is -0.135. The minimum atomic E-state index is -0.967. The maximum absolute atomic E-state index is 11.3. The van der Waals surface area contributed by atoms with Gasteiger partial charge in [0.15, 0.2) is 11.5 Å². The lowest BCUT2D eigenvalue weighted by Gasteiger charge is -2.10. The summed E-state index contributed by atoms with van der Waals surface area (Å²) in [4.78, 5) is 26.5. The molecule has 0 unspecified atom stereocenters. The van der Waals surface area contributed by atoms with E-state index in [-0.39, 0.29) is 39.9 Å². The molecule has 0 bridgehead atoms. The van der Waals surface area contributed by atoms with Crippen molar-refractivity contribution in [3.63, 3.8) is 0 Å². The zero-order chi connectivity index (χ0) is 16.9. The molecule has 8 heteroatoms. The standard InChI is InChI=1S/C15H15N3O5/c1-6-10(16-7(2)19)14(23)11-12(13(6)22)18-4-3-8(5-9(20)21)15(18)17-11/h22-23H,1,3-5H2,2H3,(H,16,19)(H,20,21). The average molecular weight is 317 g/mol. The predicted octanol–water partition coefficient (Wildman–Crippen LogP) is -0.155. The number of hydrogen-bond acceptors (Lipinski definition) is 5. The van der Waals surface area contributed by atoms with Crippen LogP contribution in [0.3, 0.4) is 0 Å². The van der Waals surface area contributed by atoms with Gasteiger partial charge in [-0.15, -0.1) is 0 Å². The number of benzene rings is 1. The monoisotopic (exact) mass is 317 g/mol. The minimum absolute atomic E-state index is 0.000872. The lowest BCUT2D eigenvalue weighted by atomic mass is 10.1. The van der Waals surface area contributed by atoms with Crippen LogP contribution < -0.4 is 16.0 Å². The fraction of sp³-hybridized carbons (Fsp3) is 0.267. The third kappa shape index (κ3) is 2.19. The molecule has 8 nitrogen and oxygen atoms in total. The molecule has 4 N–H and O–H groups in total. The number of aromatic hydroxyl groups is 2. The molecule has 23 heavy (non-hydrogen) atoms. The number of imidazole rings is 1. The number of carboxylic acids is 1. The van der Waals surface area contributed by atoms with Gasteiger partial charge >= 0.3 is 5.97 Å². The van der Waals surface area contributed by atoms with Crippen molar-refractivity contribution in [3.8, 4) is 11.5 Å². The molecule has 0 aliphatic carbocycles. The predicted molar refractivity (Wildman–Crippen MR) is 82.4 cm³/mol. The number of hydrogen-bond donors (Lipinski definition) is 4. The molecule has 3 rings (SSSR count). The molecule has 2 aromatic rings. The van der Waals surface area contributed by atoms with Gasteiger partial charge in [-0.2, -0.15) is 0 Å². The number of nitrogens with one attached hydrogen (secondary N) is 1. The van der Waals surface area contributed by atoms with Gasteiger partial charge in [-0.05, 0) is 12.0 Å². The number of carbonyl (C=O) groups is 2. The second-order valence-corrected chi connectivity index (χ2v) is 5.44. The summed E-state index contributed by atoms with van der Waals surface area (Å²) in [6, 6.07) is 0. The van der Waals surface area contributed by atoms with Gasteiger partial charge in [-0.25, -0.2) is 4.98 Å². The van der Waals surface area contributed by atoms with Crippen molar-refractivity contribution < 1.29 is 24.9 Å². The van der Waals surface area contributed by atoms with Crippen molar-refractivity contribution in [3.05, 3.63) is 10.7 Å². The Balaban J connectivity index is 2.37. The number of aliphatic carboxylic acids is 1. The fourth-order valence-electron chi connectivity index (χ4n) is 2.89. The number of amides is 1. The Kier molecular flexibility index (Phi) is 3.24. The molecule has 0 saturated heterocycles. The molecule has 2 heterocycles. The number of aromatic nitrogens is 2. The summed E-state index contributed by atoms with van der Waals surface area (Å²) in [6.45, 7) is 5.42. The number of fused-ring (bicyclic) bond motifs is 3. The number of phenols is 2. The SMILES string of the molecule is C=c1c(NC(C)=O)c(O)c2nc3n(c2c1O)CCC=3CC(=O)O. The van der Waals surface area contributed by atoms with E-state index in [1.165, 1.54) is 6.92 Å². The van der Waals surface area contributed by atoms with E-state index >= 15 is 0 Å². The third-order valence-corrected chi connectivity index (χ3v) is 3.86. The van der Waals surface area contributed by atoms with Gasteiger partial charge in [0.05, 0.1) is 12.1 Å². The van der Waals surface area contributed by atoms with Crippen molar-refractivity contribution >= 4 is 40.7 Å². The van der Waals surface area contributed by atoms with E-state index in [2.05, 4.69) is 16.9 Å². The molecule has 1 aromatic heterocycles. The summed E-state index contributed by atoms with van der Waals surface area (Å²) in [5.74, 6) is -1.88. The van der Waals surface area contributed by atoms with E-state index in [0.29, 0.717) is 24.0 Å². The first-order chi connectivity index (χ1) is 10.8. The van der Waals surface area contributed by atoms with Gasteiger partial charge in [0.25, 0.3) is 0 Å². The molecule has 0 atom stereocenters. The molecule has 120 valence electrons. The molecule has 1 aliphatic heterocycles. The van der Waals surface area contributed by atoms with E-state index < -0.39 is 11.9 Å². The first kappa shape index (κ1) is 14.9. The highest BCUT2D eigenvalue weighted by molar-refractivity contribution is 5.99. The van der Waals surface area contributed by atoms with Gasteiger partial charge in [-0.3, -0.25) is 9.59 Å². The van der Waals surface area contributed by atoms with Gasteiger partial charge in [0.2, 0.25) is 5.91 Å². The van der Waals surface area contributed by atoms with Crippen LogP contribution in [0.2, 0.25) is 0 Å². The van der Waals surface area contributed by atoms with Crippen LogP contribution in [-0.2, 0) is 16.1 Å². The normalized spacial score (nSPS) is 13.3. The molecule has 1 aliphatic rings. The number of anilines is 1. The lowest BCUT2D eigenvalue weighted by Crippen LogP contribution is -2.16. The second kappa shape index (κ2) is 5.01. The number of aryl methyl sites for hydroxylation is 1. The number of carbonyl (C=O) groups excluding carboxylic acids is 1. The molecule has 0 saturated carbocycles. The summed E-state index contributed by atoms with van der Waals surface area (Å²) in [6.07, 6.45) is 0.366. The van der Waals surface area contributed by atoms with Gasteiger partial charge in [0.1, 0.15) is 16.5 Å². The van der Waals surface area contributed by atoms with E-state index in [1.807, 2.05) is 0 Å². The first-order valence-electron chi connectivity index (χ1n) is 6.95. The van der Waals surface area contributed by atoms with Crippen molar-refractivity contribution in [1.29, 1.82) is 0 Å². The molecular weight excluding hydrogens is 302 g/mol. The van der Waals surface area contributed by atoms with Crippen LogP contribution in [0.15, 0.2) is 0 Å². The molecule has 1 amide bonds. The molecular formula is C15H15N3O5. The Morgan fingerprint density at radius 1 is 1.35 bits per heavy atom. The molecule has 0 fully saturated rings. The zero-order valence-electron chi connectivity index (χ0n) is 12.4. The highest BCUT2D eigenvalue weighted by Gasteiger charge is 2.24. The van der Waals surface area contributed by atoms with Crippen molar-refractivity contribution in [2.24, 2.45) is 0 Å². The van der Waals surface area contributed by atoms with Gasteiger partial charge in [-0.1, -0.05) is 6.58 Å². The van der Waals surface area contributed by atoms with E-state index in [1.54, 1.807) is 4.57 Å². The van der Waals surface area contributed by atoms with Crippen LogP contribution in [0.4, 0.5) is 5.69 Å². The van der Waals surface area contributed by atoms with Crippen molar-refractivity contribution in [2.45, 2.75) is 26.3 Å². The number of nitrogens with zero attached hydrogens (tertiary/aromatic N) is 2. The van der Waals surface area contributed by atoms with Crippen LogP contribution in [0.5, 0.6) is 11.5 Å². The van der Waals surface area contributed by atoms with Crippen molar-refractivity contribution in [2.75, 3.05) is 5.32 Å². The number of phenolic OH excluding ortho intramolecular Hbond substituents is 2. The highest BCUT2D eigenvalue weighted by Crippen LogP contribution is 2.34. The van der Waals surface area contributed by atoms with Crippen LogP contribution in [0, 0.1) is 0 Å². The largest absolute Gasteiger partial charge is 0.505 e. The van der Waals surface area contributed by atoms with Crippen molar-refractivity contribution in [1.82, 2.24) is 9.55 Å². The number of carboxylic acid groups (broad SMARTS) is 1. The molecule has 0 spiro atoms. The Bertz CT molecular complexity index is 974. The highest BCUT2D eigenvalue weighted by atomic mass is 16.4. The Morgan fingerprint density at radius 2 is 2.04 bits per heavy atom. The summed E-state index contributed by atoms with van der Waals surface area (Å²) >= 11 is 0. The summed E-state index contributed by atoms with van der Waals surface area (Å²) in [7, 11) is 0. The summed E-state index contributed by atoms with van der Waals surface area (Å²) < 4.78 is 1.66. The molecule has 0 radical (unpaired) electrons. The molecule has 1 aromatic carbocycles. The van der Waals surface area contributed by atoms with E-state index in [9.17, 15) is 19.8 Å². The Hall–Kier alpha value is -3.03. The van der Waals surface area contributed by atoms with Gasteiger partial charge < -0.3 is 25.2 Å². The topological polar surface area (TPSA) is 125 Å². The summed E-state index contributed by atoms with van der Waals surface area (Å²) in [5.41, 5.74) is 1.44.